The number of nitrogens with one attached hydrogen (secondary N) is 1. The SMILES string of the molecule is Cc1cccc(Cl)c1NC(=O)C=C1CSC2=C(C(=O)OC(C)C)CCN12. The standard InChI is InChI=1S/C19H21ClN2O3S/c1-11(2)25-19(24)14-7-8-22-13(10-26-18(14)22)9-16(23)21-17-12(3)5-4-6-15(17)20/h4-6,9,11H,7-8,10H2,1-3H3,(H,21,23). The van der Waals surface area contributed by atoms with Crippen LogP contribution >= 0.6 is 23.4 Å². The van der Waals surface area contributed by atoms with Crippen LogP contribution in [-0.4, -0.2) is 35.2 Å². The zero-order valence-corrected chi connectivity index (χ0v) is 16.5. The first-order chi connectivity index (χ1) is 12.4. The Kier molecular flexibility index (Phi) is 5.63. The molecule has 2 aliphatic rings. The Bertz CT molecular complexity index is 797. The molecule has 138 valence electrons. The molecule has 7 heteroatoms. The minimum absolute atomic E-state index is 0.143. The van der Waals surface area contributed by atoms with Gasteiger partial charge in [0.05, 0.1) is 27.4 Å². The number of amides is 1. The lowest BCUT2D eigenvalue weighted by atomic mass is 10.2. The van der Waals surface area contributed by atoms with Crippen LogP contribution in [-0.2, 0) is 14.3 Å². The van der Waals surface area contributed by atoms with Gasteiger partial charge in [-0.15, -0.1) is 11.8 Å². The number of para-hydroxylation sites is 1. The molecular formula is C19H21ClN2O3S. The summed E-state index contributed by atoms with van der Waals surface area (Å²) >= 11 is 7.74. The van der Waals surface area contributed by atoms with Crippen molar-refractivity contribution in [2.45, 2.75) is 33.3 Å². The van der Waals surface area contributed by atoms with Crippen LogP contribution in [0.25, 0.3) is 0 Å². The first-order valence-electron chi connectivity index (χ1n) is 8.48. The van der Waals surface area contributed by atoms with E-state index in [2.05, 4.69) is 5.32 Å². The van der Waals surface area contributed by atoms with E-state index in [1.165, 1.54) is 0 Å². The highest BCUT2D eigenvalue weighted by molar-refractivity contribution is 8.03. The summed E-state index contributed by atoms with van der Waals surface area (Å²) in [6, 6.07) is 5.49. The summed E-state index contributed by atoms with van der Waals surface area (Å²) in [6.07, 6.45) is 2.08. The molecule has 0 aromatic heterocycles. The van der Waals surface area contributed by atoms with Crippen molar-refractivity contribution in [3.8, 4) is 0 Å². The minimum Gasteiger partial charge on any atom is -0.460 e. The number of ether oxygens (including phenoxy) is 1. The smallest absolute Gasteiger partial charge is 0.336 e. The molecule has 0 saturated carbocycles. The van der Waals surface area contributed by atoms with Gasteiger partial charge in [0.25, 0.3) is 0 Å². The number of benzene rings is 1. The quantitative estimate of drug-likeness (QED) is 0.617. The average molecular weight is 393 g/mol. The minimum atomic E-state index is -0.262. The molecule has 0 aliphatic carbocycles. The summed E-state index contributed by atoms with van der Waals surface area (Å²) in [5.74, 6) is 0.168. The zero-order valence-electron chi connectivity index (χ0n) is 15.0. The maximum absolute atomic E-state index is 12.4. The van der Waals surface area contributed by atoms with Gasteiger partial charge in [0, 0.05) is 30.5 Å². The third kappa shape index (κ3) is 3.91. The molecule has 0 unspecified atom stereocenters. The predicted octanol–water partition coefficient (Wildman–Crippen LogP) is 4.09. The second-order valence-corrected chi connectivity index (χ2v) is 7.86. The van der Waals surface area contributed by atoms with Crippen LogP contribution in [0.3, 0.4) is 0 Å². The molecule has 26 heavy (non-hydrogen) atoms. The Balaban J connectivity index is 1.74. The van der Waals surface area contributed by atoms with Gasteiger partial charge in [0.15, 0.2) is 0 Å². The largest absolute Gasteiger partial charge is 0.460 e. The van der Waals surface area contributed by atoms with E-state index in [4.69, 9.17) is 16.3 Å². The van der Waals surface area contributed by atoms with Crippen molar-refractivity contribution < 1.29 is 14.3 Å². The Labute approximate surface area is 162 Å². The molecule has 2 heterocycles. The van der Waals surface area contributed by atoms with Crippen LogP contribution in [0.5, 0.6) is 0 Å². The van der Waals surface area contributed by atoms with Gasteiger partial charge in [0.2, 0.25) is 5.91 Å². The van der Waals surface area contributed by atoms with Crippen LogP contribution in [0, 0.1) is 6.92 Å². The molecule has 5 nitrogen and oxygen atoms in total. The van der Waals surface area contributed by atoms with E-state index in [0.717, 1.165) is 16.3 Å². The molecule has 1 N–H and O–H groups in total. The molecule has 0 spiro atoms. The van der Waals surface area contributed by atoms with Crippen molar-refractivity contribution in [2.75, 3.05) is 17.6 Å². The van der Waals surface area contributed by atoms with Gasteiger partial charge < -0.3 is 15.0 Å². The Hall–Kier alpha value is -1.92. The fourth-order valence-electron chi connectivity index (χ4n) is 2.95. The number of carbonyl (C=O) groups is 2. The van der Waals surface area contributed by atoms with Crippen molar-refractivity contribution in [3.63, 3.8) is 0 Å². The van der Waals surface area contributed by atoms with Gasteiger partial charge in [-0.2, -0.15) is 0 Å². The predicted molar refractivity (Wildman–Crippen MR) is 105 cm³/mol. The third-order valence-electron chi connectivity index (χ3n) is 4.15. The van der Waals surface area contributed by atoms with E-state index >= 15 is 0 Å². The molecular weight excluding hydrogens is 372 g/mol. The number of esters is 1. The molecule has 1 aromatic rings. The summed E-state index contributed by atoms with van der Waals surface area (Å²) in [5, 5.41) is 4.27. The summed E-state index contributed by atoms with van der Waals surface area (Å²) in [4.78, 5) is 26.7. The first-order valence-corrected chi connectivity index (χ1v) is 9.84. The molecule has 1 aromatic carbocycles. The highest BCUT2D eigenvalue weighted by Gasteiger charge is 2.35. The second-order valence-electron chi connectivity index (χ2n) is 6.48. The summed E-state index contributed by atoms with van der Waals surface area (Å²) in [5.41, 5.74) is 3.12. The topological polar surface area (TPSA) is 58.6 Å². The highest BCUT2D eigenvalue weighted by Crippen LogP contribution is 2.42. The zero-order chi connectivity index (χ0) is 18.8. The number of aryl methyl sites for hydroxylation is 1. The van der Waals surface area contributed by atoms with E-state index in [1.54, 1.807) is 23.9 Å². The van der Waals surface area contributed by atoms with Crippen molar-refractivity contribution in [1.29, 1.82) is 0 Å². The highest BCUT2D eigenvalue weighted by atomic mass is 35.5. The number of fused-ring (bicyclic) bond motifs is 1. The van der Waals surface area contributed by atoms with Gasteiger partial charge in [0.1, 0.15) is 0 Å². The lowest BCUT2D eigenvalue weighted by Gasteiger charge is -2.15. The van der Waals surface area contributed by atoms with E-state index in [9.17, 15) is 9.59 Å². The van der Waals surface area contributed by atoms with Gasteiger partial charge in [-0.1, -0.05) is 23.7 Å². The van der Waals surface area contributed by atoms with Crippen LogP contribution in [0.1, 0.15) is 25.8 Å². The normalized spacial score (nSPS) is 17.9. The Morgan fingerprint density at radius 1 is 1.38 bits per heavy atom. The van der Waals surface area contributed by atoms with E-state index in [0.29, 0.717) is 35.0 Å². The fraction of sp³-hybridized carbons (Fsp3) is 0.368. The van der Waals surface area contributed by atoms with E-state index in [-0.39, 0.29) is 18.0 Å². The molecule has 0 bridgehead atoms. The molecule has 1 fully saturated rings. The maximum Gasteiger partial charge on any atom is 0.336 e. The van der Waals surface area contributed by atoms with Gasteiger partial charge in [-0.05, 0) is 32.4 Å². The van der Waals surface area contributed by atoms with Crippen molar-refractivity contribution >= 4 is 40.9 Å². The molecule has 0 atom stereocenters. The molecule has 1 amide bonds. The number of rotatable bonds is 4. The second kappa shape index (κ2) is 7.76. The number of hydrogen-bond acceptors (Lipinski definition) is 5. The molecule has 1 saturated heterocycles. The Morgan fingerprint density at radius 3 is 2.85 bits per heavy atom. The number of nitrogens with zero attached hydrogens (tertiary/aromatic N) is 1. The van der Waals surface area contributed by atoms with Crippen LogP contribution < -0.4 is 5.32 Å². The van der Waals surface area contributed by atoms with Gasteiger partial charge >= 0.3 is 5.97 Å². The average Bonchev–Trinajstić information content (AvgIpc) is 3.13. The molecule has 0 radical (unpaired) electrons. The van der Waals surface area contributed by atoms with Crippen molar-refractivity contribution in [2.24, 2.45) is 0 Å². The maximum atomic E-state index is 12.4. The summed E-state index contributed by atoms with van der Waals surface area (Å²) in [7, 11) is 0. The Morgan fingerprint density at radius 2 is 2.15 bits per heavy atom. The lowest BCUT2D eigenvalue weighted by Crippen LogP contribution is -2.17. The van der Waals surface area contributed by atoms with Crippen molar-refractivity contribution in [1.82, 2.24) is 4.90 Å². The summed E-state index contributed by atoms with van der Waals surface area (Å²) < 4.78 is 5.31. The number of carbonyl (C=O) groups excluding carboxylic acids is 2. The fourth-order valence-corrected chi connectivity index (χ4v) is 4.47. The molecule has 3 rings (SSSR count). The van der Waals surface area contributed by atoms with Crippen LogP contribution in [0.15, 0.2) is 40.6 Å². The summed E-state index contributed by atoms with van der Waals surface area (Å²) in [6.45, 7) is 6.26. The van der Waals surface area contributed by atoms with Gasteiger partial charge in [-0.3, -0.25) is 4.79 Å². The van der Waals surface area contributed by atoms with E-state index < -0.39 is 0 Å². The first kappa shape index (κ1) is 18.9. The third-order valence-corrected chi connectivity index (χ3v) is 5.64. The van der Waals surface area contributed by atoms with Crippen molar-refractivity contribution in [3.05, 3.63) is 51.2 Å². The number of halogens is 1. The monoisotopic (exact) mass is 392 g/mol. The van der Waals surface area contributed by atoms with Crippen LogP contribution in [0.2, 0.25) is 5.02 Å². The number of anilines is 1. The van der Waals surface area contributed by atoms with Crippen LogP contribution in [0.4, 0.5) is 5.69 Å². The van der Waals surface area contributed by atoms with E-state index in [1.807, 2.05) is 37.8 Å². The molecule has 2 aliphatic heterocycles. The lowest BCUT2D eigenvalue weighted by molar-refractivity contribution is -0.142. The number of thioether (sulfide) groups is 1. The number of hydrogen-bond donors (Lipinski definition) is 1. The van der Waals surface area contributed by atoms with Gasteiger partial charge in [-0.25, -0.2) is 4.79 Å².